The van der Waals surface area contributed by atoms with Crippen molar-refractivity contribution < 1.29 is 46.6 Å². The Bertz CT molecular complexity index is 1250. The van der Waals surface area contributed by atoms with Gasteiger partial charge in [0.2, 0.25) is 17.6 Å². The van der Waals surface area contributed by atoms with Crippen molar-refractivity contribution in [2.24, 2.45) is 5.41 Å². The summed E-state index contributed by atoms with van der Waals surface area (Å²) in [5.74, 6) is -2.69. The highest BCUT2D eigenvalue weighted by Crippen LogP contribution is 2.38. The van der Waals surface area contributed by atoms with E-state index in [-0.39, 0.29) is 36.9 Å². The van der Waals surface area contributed by atoms with E-state index in [2.05, 4.69) is 15.6 Å². The Hall–Kier alpha value is -4.17. The highest BCUT2D eigenvalue weighted by molar-refractivity contribution is 6.38. The number of benzene rings is 1. The van der Waals surface area contributed by atoms with Crippen LogP contribution in [0.1, 0.15) is 64.5 Å². The molecule has 0 aliphatic carbocycles. The number of carbonyl (C=O) groups excluding carboxylic acids is 3. The van der Waals surface area contributed by atoms with E-state index < -0.39 is 53.1 Å². The van der Waals surface area contributed by atoms with E-state index in [1.807, 2.05) is 6.92 Å². The molecular weight excluding hydrogens is 539 g/mol. The molecule has 0 unspecified atom stereocenters. The third-order valence-electron chi connectivity index (χ3n) is 6.51. The van der Waals surface area contributed by atoms with Crippen molar-refractivity contribution in [3.63, 3.8) is 0 Å². The summed E-state index contributed by atoms with van der Waals surface area (Å²) in [5.41, 5.74) is 0.405. The number of amides is 3. The van der Waals surface area contributed by atoms with Crippen LogP contribution in [-0.2, 0) is 20.5 Å². The van der Waals surface area contributed by atoms with Crippen molar-refractivity contribution in [3.8, 4) is 11.5 Å². The first-order chi connectivity index (χ1) is 18.7. The molecule has 0 radical (unpaired) electrons. The van der Waals surface area contributed by atoms with Crippen molar-refractivity contribution in [1.29, 1.82) is 0 Å². The van der Waals surface area contributed by atoms with E-state index >= 15 is 0 Å². The maximum atomic E-state index is 13.5. The molecule has 1 aromatic carbocycles. The minimum absolute atomic E-state index is 0.00957. The van der Waals surface area contributed by atoms with Gasteiger partial charge in [0.25, 0.3) is 0 Å². The van der Waals surface area contributed by atoms with Gasteiger partial charge < -0.3 is 14.3 Å². The maximum absolute atomic E-state index is 13.5. The van der Waals surface area contributed by atoms with Crippen LogP contribution in [0.3, 0.4) is 0 Å². The molecule has 0 saturated carbocycles. The molecule has 218 valence electrons. The Morgan fingerprint density at radius 1 is 1.15 bits per heavy atom. The maximum Gasteiger partial charge on any atom is 0.428 e. The molecule has 12 nitrogen and oxygen atoms in total. The van der Waals surface area contributed by atoms with Crippen molar-refractivity contribution in [3.05, 3.63) is 35.7 Å². The first-order valence-corrected chi connectivity index (χ1v) is 12.5. The third kappa shape index (κ3) is 6.51. The van der Waals surface area contributed by atoms with Gasteiger partial charge in [0, 0.05) is 5.56 Å². The summed E-state index contributed by atoms with van der Waals surface area (Å²) >= 11 is 0. The van der Waals surface area contributed by atoms with Crippen LogP contribution in [0.2, 0.25) is 0 Å². The topological polar surface area (TPSA) is 155 Å². The molecule has 0 bridgehead atoms. The summed E-state index contributed by atoms with van der Waals surface area (Å²) in [6.45, 7) is 6.74. The molecule has 3 rings (SSSR count). The van der Waals surface area contributed by atoms with E-state index in [1.165, 1.54) is 0 Å². The first kappa shape index (κ1) is 30.4. The van der Waals surface area contributed by atoms with Gasteiger partial charge in [-0.3, -0.25) is 19.9 Å². The fraction of sp³-hybridized carbons (Fsp3) is 0.520. The second kappa shape index (κ2) is 11.9. The summed E-state index contributed by atoms with van der Waals surface area (Å²) in [4.78, 5) is 51.7. The fourth-order valence-electron chi connectivity index (χ4n) is 4.64. The Morgan fingerprint density at radius 2 is 1.80 bits per heavy atom. The Morgan fingerprint density at radius 3 is 2.30 bits per heavy atom. The van der Waals surface area contributed by atoms with Gasteiger partial charge in [-0.15, -0.1) is 10.2 Å². The second-order valence-electron chi connectivity index (χ2n) is 9.85. The van der Waals surface area contributed by atoms with Gasteiger partial charge in [-0.05, 0) is 42.5 Å². The monoisotopic (exact) mass is 569 g/mol. The summed E-state index contributed by atoms with van der Waals surface area (Å²) in [6, 6.07) is 1.24. The van der Waals surface area contributed by atoms with E-state index in [1.54, 1.807) is 20.8 Å². The Labute approximate surface area is 227 Å². The number of hydrogen-bond donors (Lipinski definition) is 2. The fourth-order valence-corrected chi connectivity index (χ4v) is 4.64. The zero-order valence-electron chi connectivity index (χ0n) is 22.3. The number of aromatic nitrogens is 2. The number of ketones is 1. The molecule has 40 heavy (non-hydrogen) atoms. The molecule has 2 atom stereocenters. The highest BCUT2D eigenvalue weighted by Gasteiger charge is 2.48. The molecular formula is C25H30F3N5O7. The molecule has 1 fully saturated rings. The highest BCUT2D eigenvalue weighted by atomic mass is 19.4. The van der Waals surface area contributed by atoms with Gasteiger partial charge in [0.1, 0.15) is 18.7 Å². The van der Waals surface area contributed by atoms with Crippen molar-refractivity contribution in [2.45, 2.75) is 65.2 Å². The van der Waals surface area contributed by atoms with Crippen LogP contribution >= 0.6 is 0 Å². The number of hydrazine groups is 1. The average molecular weight is 570 g/mol. The van der Waals surface area contributed by atoms with E-state index in [4.69, 9.17) is 9.15 Å². The van der Waals surface area contributed by atoms with E-state index in [0.717, 1.165) is 34.2 Å². The lowest BCUT2D eigenvalue weighted by molar-refractivity contribution is -0.146. The third-order valence-corrected chi connectivity index (χ3v) is 6.51. The van der Waals surface area contributed by atoms with Crippen LogP contribution in [0, 0.1) is 5.41 Å². The van der Waals surface area contributed by atoms with Gasteiger partial charge in [0.05, 0.1) is 12.1 Å². The molecule has 2 N–H and O–H groups in total. The second-order valence-corrected chi connectivity index (χ2v) is 9.85. The van der Waals surface area contributed by atoms with Gasteiger partial charge in [-0.25, -0.2) is 14.6 Å². The first-order valence-electron chi connectivity index (χ1n) is 12.5. The number of nitrogens with one attached hydrogen (secondary N) is 1. The summed E-state index contributed by atoms with van der Waals surface area (Å²) < 4.78 is 49.2. The Balaban J connectivity index is 1.98. The SMILES string of the molecule is CCCC(C)(C)[C@@H](C(=O)C(=O)NN1CCOC1=O)N(C(=O)O)[C@@H](CC)c1nnc(-c2ccc(C(F)(F)F)cc2)o1. The van der Waals surface area contributed by atoms with Crippen molar-refractivity contribution >= 4 is 23.9 Å². The van der Waals surface area contributed by atoms with E-state index in [9.17, 15) is 37.5 Å². The van der Waals surface area contributed by atoms with Gasteiger partial charge in [0.15, 0.2) is 0 Å². The molecule has 1 saturated heterocycles. The van der Waals surface area contributed by atoms with Crippen LogP contribution in [0.4, 0.5) is 22.8 Å². The summed E-state index contributed by atoms with van der Waals surface area (Å²) in [7, 11) is 0. The minimum Gasteiger partial charge on any atom is -0.465 e. The number of carbonyl (C=O) groups is 4. The largest absolute Gasteiger partial charge is 0.465 e. The molecule has 2 heterocycles. The number of carboxylic acid groups (broad SMARTS) is 1. The molecule has 2 aromatic rings. The van der Waals surface area contributed by atoms with Gasteiger partial charge >= 0.3 is 24.3 Å². The Kier molecular flexibility index (Phi) is 9.05. The predicted octanol–water partition coefficient (Wildman–Crippen LogP) is 4.43. The van der Waals surface area contributed by atoms with Crippen LogP contribution in [-0.4, -0.2) is 68.3 Å². The standard InChI is InChI=1S/C25H30F3N5O7/c1-5-11-24(3,4)18(17(34)19(35)31-32-12-13-39-23(32)38)33(22(36)37)16(6-2)21-30-29-20(40-21)14-7-9-15(10-8-14)25(26,27)28/h7-10,16,18H,5-6,11-13H2,1-4H3,(H,31,35)(H,36,37)/t16-,18+/m0/s1. The van der Waals surface area contributed by atoms with Crippen LogP contribution < -0.4 is 5.43 Å². The lowest BCUT2D eigenvalue weighted by Crippen LogP contribution is -2.59. The minimum atomic E-state index is -4.54. The number of nitrogens with zero attached hydrogens (tertiary/aromatic N) is 4. The molecule has 15 heteroatoms. The average Bonchev–Trinajstić information content (AvgIpc) is 3.52. The zero-order valence-corrected chi connectivity index (χ0v) is 22.3. The smallest absolute Gasteiger partial charge is 0.428 e. The molecule has 3 amide bonds. The zero-order chi connectivity index (χ0) is 29.8. The van der Waals surface area contributed by atoms with Crippen LogP contribution in [0.5, 0.6) is 0 Å². The summed E-state index contributed by atoms with van der Waals surface area (Å²) in [6.07, 6.45) is -5.98. The molecule has 0 spiro atoms. The molecule has 1 aromatic heterocycles. The van der Waals surface area contributed by atoms with Crippen LogP contribution in [0.25, 0.3) is 11.5 Å². The van der Waals surface area contributed by atoms with Crippen molar-refractivity contribution in [2.75, 3.05) is 13.2 Å². The molecule has 1 aliphatic heterocycles. The number of alkyl halides is 3. The number of ether oxygens (including phenoxy) is 1. The van der Waals surface area contributed by atoms with Crippen molar-refractivity contribution in [1.82, 2.24) is 25.5 Å². The normalized spacial score (nSPS) is 15.4. The van der Waals surface area contributed by atoms with E-state index in [0.29, 0.717) is 12.8 Å². The lowest BCUT2D eigenvalue weighted by atomic mass is 9.76. The number of rotatable bonds is 11. The predicted molar refractivity (Wildman–Crippen MR) is 131 cm³/mol. The van der Waals surface area contributed by atoms with Gasteiger partial charge in [-0.2, -0.15) is 13.2 Å². The number of hydrogen-bond acceptors (Lipinski definition) is 8. The number of halogens is 3. The van der Waals surface area contributed by atoms with Crippen LogP contribution in [0.15, 0.2) is 28.7 Å². The summed E-state index contributed by atoms with van der Waals surface area (Å²) in [5, 5.41) is 18.9. The molecule has 1 aliphatic rings. The number of cyclic esters (lactones) is 1. The lowest BCUT2D eigenvalue weighted by Gasteiger charge is -2.41. The quantitative estimate of drug-likeness (QED) is 0.374. The van der Waals surface area contributed by atoms with Gasteiger partial charge in [-0.1, -0.05) is 34.1 Å². The number of Topliss-reactive ketones (excluding diaryl/α,β-unsaturated/α-hetero) is 1.